The molecular formula is C5H9NO4. The van der Waals surface area contributed by atoms with Crippen molar-refractivity contribution in [2.75, 3.05) is 14.1 Å². The number of nitrogens with zero attached hydrogens (tertiary/aromatic N) is 1. The average Bonchev–Trinajstić information content (AvgIpc) is 1.84. The van der Waals surface area contributed by atoms with E-state index in [4.69, 9.17) is 10.2 Å². The van der Waals surface area contributed by atoms with Gasteiger partial charge in [0.25, 0.3) is 5.91 Å². The van der Waals surface area contributed by atoms with E-state index in [9.17, 15) is 9.59 Å². The summed E-state index contributed by atoms with van der Waals surface area (Å²) in [5, 5.41) is 16.7. The first-order valence-corrected chi connectivity index (χ1v) is 2.59. The molecule has 0 radical (unpaired) electrons. The highest BCUT2D eigenvalue weighted by Gasteiger charge is 2.23. The molecule has 0 saturated carbocycles. The second-order valence-corrected chi connectivity index (χ2v) is 1.97. The highest BCUT2D eigenvalue weighted by Crippen LogP contribution is 1.88. The van der Waals surface area contributed by atoms with Gasteiger partial charge < -0.3 is 15.1 Å². The molecule has 5 heteroatoms. The molecule has 0 fully saturated rings. The van der Waals surface area contributed by atoms with Gasteiger partial charge in [-0.15, -0.1) is 0 Å². The first-order chi connectivity index (χ1) is 4.46. The number of aliphatic hydroxyl groups excluding tert-OH is 1. The van der Waals surface area contributed by atoms with Crippen molar-refractivity contribution in [3.8, 4) is 0 Å². The first kappa shape index (κ1) is 8.90. The molecule has 10 heavy (non-hydrogen) atoms. The van der Waals surface area contributed by atoms with E-state index >= 15 is 0 Å². The molecule has 0 aliphatic carbocycles. The van der Waals surface area contributed by atoms with Crippen LogP contribution < -0.4 is 0 Å². The highest BCUT2D eigenvalue weighted by atomic mass is 16.4. The van der Waals surface area contributed by atoms with Gasteiger partial charge in [-0.3, -0.25) is 4.79 Å². The number of hydrogen-bond acceptors (Lipinski definition) is 3. The van der Waals surface area contributed by atoms with Crippen LogP contribution in [0.3, 0.4) is 0 Å². The lowest BCUT2D eigenvalue weighted by molar-refractivity contribution is -0.156. The molecule has 0 bridgehead atoms. The molecule has 0 aromatic heterocycles. The number of likely N-dealkylation sites (N-methyl/N-ethyl adjacent to an activating group) is 1. The van der Waals surface area contributed by atoms with E-state index in [1.807, 2.05) is 0 Å². The maximum Gasteiger partial charge on any atom is 0.342 e. The van der Waals surface area contributed by atoms with Gasteiger partial charge in [-0.1, -0.05) is 0 Å². The third-order valence-corrected chi connectivity index (χ3v) is 0.909. The number of carbonyl (C=O) groups excluding carboxylic acids is 1. The fourth-order valence-corrected chi connectivity index (χ4v) is 0.350. The molecule has 0 spiro atoms. The standard InChI is InChI=1S/C5H9NO4/c1-6(2)4(8)3(7)5(9)10/h3,7H,1-2H3,(H,9,10). The third-order valence-electron chi connectivity index (χ3n) is 0.909. The van der Waals surface area contributed by atoms with Crippen molar-refractivity contribution < 1.29 is 19.8 Å². The maximum absolute atomic E-state index is 10.6. The van der Waals surface area contributed by atoms with Crippen molar-refractivity contribution in [2.45, 2.75) is 6.10 Å². The average molecular weight is 147 g/mol. The quantitative estimate of drug-likeness (QED) is 0.467. The van der Waals surface area contributed by atoms with Crippen molar-refractivity contribution in [3.63, 3.8) is 0 Å². The van der Waals surface area contributed by atoms with E-state index in [0.29, 0.717) is 0 Å². The molecule has 2 N–H and O–H groups in total. The van der Waals surface area contributed by atoms with Gasteiger partial charge >= 0.3 is 5.97 Å². The van der Waals surface area contributed by atoms with Crippen LogP contribution in [0.25, 0.3) is 0 Å². The topological polar surface area (TPSA) is 77.8 Å². The van der Waals surface area contributed by atoms with Crippen molar-refractivity contribution in [1.29, 1.82) is 0 Å². The van der Waals surface area contributed by atoms with Crippen LogP contribution in [0.4, 0.5) is 0 Å². The molecule has 0 aliphatic rings. The normalized spacial score (nSPS) is 12.3. The number of aliphatic carboxylic acids is 1. The minimum Gasteiger partial charge on any atom is -0.479 e. The summed E-state index contributed by atoms with van der Waals surface area (Å²) in [6.07, 6.45) is -1.94. The summed E-state index contributed by atoms with van der Waals surface area (Å²) in [5.74, 6) is -2.36. The van der Waals surface area contributed by atoms with Gasteiger partial charge in [-0.05, 0) is 0 Å². The van der Waals surface area contributed by atoms with Crippen LogP contribution in [-0.4, -0.2) is 47.2 Å². The van der Waals surface area contributed by atoms with Crippen molar-refractivity contribution in [1.82, 2.24) is 4.90 Å². The number of carbonyl (C=O) groups is 2. The van der Waals surface area contributed by atoms with Gasteiger partial charge in [0.2, 0.25) is 6.10 Å². The first-order valence-electron chi connectivity index (χ1n) is 2.59. The van der Waals surface area contributed by atoms with E-state index in [1.165, 1.54) is 14.1 Å². The summed E-state index contributed by atoms with van der Waals surface area (Å²) in [7, 11) is 2.74. The Morgan fingerprint density at radius 1 is 1.40 bits per heavy atom. The Bertz CT molecular complexity index is 154. The van der Waals surface area contributed by atoms with Crippen molar-refractivity contribution >= 4 is 11.9 Å². The number of hydrogen-bond donors (Lipinski definition) is 2. The van der Waals surface area contributed by atoms with Crippen LogP contribution in [0.5, 0.6) is 0 Å². The molecule has 0 aromatic rings. The van der Waals surface area contributed by atoms with Crippen LogP contribution in [0.15, 0.2) is 0 Å². The summed E-state index contributed by atoms with van der Waals surface area (Å²) in [5.41, 5.74) is 0. The fraction of sp³-hybridized carbons (Fsp3) is 0.600. The van der Waals surface area contributed by atoms with Crippen LogP contribution in [0.2, 0.25) is 0 Å². The Kier molecular flexibility index (Phi) is 2.82. The van der Waals surface area contributed by atoms with E-state index in [1.54, 1.807) is 0 Å². The molecule has 1 unspecified atom stereocenters. The Morgan fingerprint density at radius 3 is 1.90 bits per heavy atom. The van der Waals surface area contributed by atoms with Crippen LogP contribution in [0, 0.1) is 0 Å². The summed E-state index contributed by atoms with van der Waals surface area (Å²) in [6.45, 7) is 0. The monoisotopic (exact) mass is 147 g/mol. The molecule has 1 atom stereocenters. The van der Waals surface area contributed by atoms with Gasteiger partial charge in [-0.2, -0.15) is 0 Å². The number of carboxylic acid groups (broad SMARTS) is 1. The molecule has 0 aromatic carbocycles. The molecule has 1 amide bonds. The van der Waals surface area contributed by atoms with E-state index in [2.05, 4.69) is 0 Å². The molecule has 0 heterocycles. The number of rotatable bonds is 2. The predicted octanol–water partition coefficient (Wildman–Crippen LogP) is -1.48. The van der Waals surface area contributed by atoms with Crippen molar-refractivity contribution in [3.05, 3.63) is 0 Å². The van der Waals surface area contributed by atoms with Gasteiger partial charge in [0, 0.05) is 14.1 Å². The third kappa shape index (κ3) is 2.02. The minimum atomic E-state index is -1.94. The van der Waals surface area contributed by atoms with Crippen LogP contribution in [0.1, 0.15) is 0 Å². The molecule has 0 rings (SSSR count). The molecule has 5 nitrogen and oxygen atoms in total. The Labute approximate surface area is 57.9 Å². The zero-order chi connectivity index (χ0) is 8.31. The van der Waals surface area contributed by atoms with Crippen LogP contribution >= 0.6 is 0 Å². The van der Waals surface area contributed by atoms with E-state index in [0.717, 1.165) is 4.90 Å². The number of aliphatic hydroxyl groups is 1. The molecule has 0 aliphatic heterocycles. The van der Waals surface area contributed by atoms with Crippen molar-refractivity contribution in [2.24, 2.45) is 0 Å². The Morgan fingerprint density at radius 2 is 1.80 bits per heavy atom. The van der Waals surface area contributed by atoms with Crippen LogP contribution in [-0.2, 0) is 9.59 Å². The fourth-order valence-electron chi connectivity index (χ4n) is 0.350. The predicted molar refractivity (Wildman–Crippen MR) is 32.3 cm³/mol. The van der Waals surface area contributed by atoms with E-state index in [-0.39, 0.29) is 0 Å². The summed E-state index contributed by atoms with van der Waals surface area (Å²) in [6, 6.07) is 0. The minimum absolute atomic E-state index is 0.826. The summed E-state index contributed by atoms with van der Waals surface area (Å²) >= 11 is 0. The largest absolute Gasteiger partial charge is 0.479 e. The van der Waals surface area contributed by atoms with E-state index < -0.39 is 18.0 Å². The SMILES string of the molecule is CN(C)C(=O)C(O)C(=O)O. The van der Waals surface area contributed by atoms with Gasteiger partial charge in [-0.25, -0.2) is 4.79 Å². The summed E-state index contributed by atoms with van der Waals surface area (Å²) < 4.78 is 0. The number of amides is 1. The second kappa shape index (κ2) is 3.17. The lowest BCUT2D eigenvalue weighted by atomic mass is 10.3. The smallest absolute Gasteiger partial charge is 0.342 e. The molecule has 0 saturated heterocycles. The Hall–Kier alpha value is -1.10. The lowest BCUT2D eigenvalue weighted by Gasteiger charge is -2.11. The lowest BCUT2D eigenvalue weighted by Crippen LogP contribution is -2.38. The molecule has 58 valence electrons. The van der Waals surface area contributed by atoms with Gasteiger partial charge in [0.1, 0.15) is 0 Å². The Balaban J connectivity index is 4.08. The number of carboxylic acids is 1. The summed E-state index contributed by atoms with van der Waals surface area (Å²) in [4.78, 5) is 21.5. The zero-order valence-electron chi connectivity index (χ0n) is 5.74. The maximum atomic E-state index is 10.6. The van der Waals surface area contributed by atoms with Gasteiger partial charge in [0.05, 0.1) is 0 Å². The molecular weight excluding hydrogens is 138 g/mol. The second-order valence-electron chi connectivity index (χ2n) is 1.97. The van der Waals surface area contributed by atoms with Gasteiger partial charge in [0.15, 0.2) is 0 Å². The highest BCUT2D eigenvalue weighted by molar-refractivity contribution is 5.99. The zero-order valence-corrected chi connectivity index (χ0v) is 5.74.